The fraction of sp³-hybridized carbons (Fsp3) is 0.615. The van der Waals surface area contributed by atoms with Gasteiger partial charge in [-0.2, -0.15) is 0 Å². The van der Waals surface area contributed by atoms with Crippen LogP contribution in [0.4, 0.5) is 15.1 Å². The summed E-state index contributed by atoms with van der Waals surface area (Å²) in [5, 5.41) is 3.08. The lowest BCUT2D eigenvalue weighted by Crippen LogP contribution is -2.36. The predicted molar refractivity (Wildman–Crippen MR) is 71.8 cm³/mol. The molecule has 1 amide bonds. The number of aromatic nitrogens is 2. The van der Waals surface area contributed by atoms with Crippen molar-refractivity contribution < 1.29 is 13.9 Å². The van der Waals surface area contributed by atoms with Crippen molar-refractivity contribution >= 4 is 12.0 Å². The first-order chi connectivity index (χ1) is 9.33. The smallest absolute Gasteiger partial charge is 0.410 e. The predicted octanol–water partition coefficient (Wildman–Crippen LogP) is 2.04. The minimum absolute atomic E-state index is 0.0491. The molecular formula is C13H19FN4O2. The average molecular weight is 282 g/mol. The van der Waals surface area contributed by atoms with Crippen molar-refractivity contribution in [1.29, 1.82) is 0 Å². The summed E-state index contributed by atoms with van der Waals surface area (Å²) < 4.78 is 18.0. The SMILES string of the molecule is CC(C)(C)OC(=O)N1CC[C@@H](Nc2ncc(F)cn2)C1. The third-order valence-corrected chi connectivity index (χ3v) is 2.79. The molecule has 0 aliphatic carbocycles. The van der Waals surface area contributed by atoms with E-state index in [0.29, 0.717) is 19.0 Å². The van der Waals surface area contributed by atoms with Gasteiger partial charge in [0.25, 0.3) is 0 Å². The third-order valence-electron chi connectivity index (χ3n) is 2.79. The minimum atomic E-state index is -0.497. The van der Waals surface area contributed by atoms with E-state index in [1.165, 1.54) is 0 Å². The number of nitrogens with one attached hydrogen (secondary N) is 1. The van der Waals surface area contributed by atoms with Gasteiger partial charge in [0.1, 0.15) is 5.60 Å². The number of nitrogens with zero attached hydrogens (tertiary/aromatic N) is 3. The highest BCUT2D eigenvalue weighted by Gasteiger charge is 2.29. The molecule has 0 aromatic carbocycles. The molecule has 1 saturated heterocycles. The van der Waals surface area contributed by atoms with Crippen LogP contribution in [-0.4, -0.2) is 45.7 Å². The van der Waals surface area contributed by atoms with E-state index in [9.17, 15) is 9.18 Å². The van der Waals surface area contributed by atoms with Crippen molar-refractivity contribution in [3.05, 3.63) is 18.2 Å². The van der Waals surface area contributed by atoms with Crippen molar-refractivity contribution in [2.24, 2.45) is 0 Å². The summed E-state index contributed by atoms with van der Waals surface area (Å²) in [5.74, 6) is -0.111. The molecule has 0 radical (unpaired) electrons. The Bertz CT molecular complexity index is 472. The second kappa shape index (κ2) is 5.60. The molecule has 2 heterocycles. The number of amides is 1. The second-order valence-electron chi connectivity index (χ2n) is 5.78. The number of carbonyl (C=O) groups is 1. The Kier molecular flexibility index (Phi) is 4.06. The summed E-state index contributed by atoms with van der Waals surface area (Å²) in [6.07, 6.45) is 2.67. The number of rotatable bonds is 2. The lowest BCUT2D eigenvalue weighted by molar-refractivity contribution is 0.0293. The zero-order valence-corrected chi connectivity index (χ0v) is 11.9. The normalized spacial score (nSPS) is 19.0. The molecule has 1 fully saturated rings. The lowest BCUT2D eigenvalue weighted by Gasteiger charge is -2.24. The van der Waals surface area contributed by atoms with E-state index < -0.39 is 11.4 Å². The maximum Gasteiger partial charge on any atom is 0.410 e. The van der Waals surface area contributed by atoms with Gasteiger partial charge in [0.05, 0.1) is 12.4 Å². The highest BCUT2D eigenvalue weighted by Crippen LogP contribution is 2.17. The molecular weight excluding hydrogens is 263 g/mol. The van der Waals surface area contributed by atoms with Gasteiger partial charge in [-0.3, -0.25) is 0 Å². The highest BCUT2D eigenvalue weighted by molar-refractivity contribution is 5.68. The van der Waals surface area contributed by atoms with Crippen molar-refractivity contribution in [2.75, 3.05) is 18.4 Å². The van der Waals surface area contributed by atoms with E-state index in [1.807, 2.05) is 20.8 Å². The molecule has 0 unspecified atom stereocenters. The zero-order valence-electron chi connectivity index (χ0n) is 11.9. The molecule has 1 aliphatic rings. The first-order valence-electron chi connectivity index (χ1n) is 6.55. The van der Waals surface area contributed by atoms with Crippen LogP contribution in [0.15, 0.2) is 12.4 Å². The van der Waals surface area contributed by atoms with E-state index in [4.69, 9.17) is 4.74 Å². The molecule has 0 spiro atoms. The van der Waals surface area contributed by atoms with Crippen LogP contribution in [0.2, 0.25) is 0 Å². The first-order valence-corrected chi connectivity index (χ1v) is 6.55. The fourth-order valence-corrected chi connectivity index (χ4v) is 1.94. The topological polar surface area (TPSA) is 67.3 Å². The number of likely N-dealkylation sites (tertiary alicyclic amines) is 1. The van der Waals surface area contributed by atoms with Gasteiger partial charge >= 0.3 is 6.09 Å². The Morgan fingerprint density at radius 2 is 2.10 bits per heavy atom. The van der Waals surface area contributed by atoms with Gasteiger partial charge in [0.2, 0.25) is 5.95 Å². The largest absolute Gasteiger partial charge is 0.444 e. The summed E-state index contributed by atoms with van der Waals surface area (Å²) in [6, 6.07) is 0.0491. The highest BCUT2D eigenvalue weighted by atomic mass is 19.1. The first kappa shape index (κ1) is 14.5. The van der Waals surface area contributed by atoms with Crippen LogP contribution in [0.5, 0.6) is 0 Å². The Labute approximate surface area is 117 Å². The number of carbonyl (C=O) groups excluding carboxylic acids is 1. The Balaban J connectivity index is 1.86. The molecule has 0 bridgehead atoms. The zero-order chi connectivity index (χ0) is 14.8. The molecule has 6 nitrogen and oxygen atoms in total. The molecule has 1 aromatic rings. The summed E-state index contributed by atoms with van der Waals surface area (Å²) in [6.45, 7) is 6.65. The molecule has 2 rings (SSSR count). The molecule has 1 atom stereocenters. The third kappa shape index (κ3) is 4.04. The average Bonchev–Trinajstić information content (AvgIpc) is 2.79. The van der Waals surface area contributed by atoms with Crippen LogP contribution in [0.1, 0.15) is 27.2 Å². The Morgan fingerprint density at radius 3 is 2.70 bits per heavy atom. The molecule has 110 valence electrons. The molecule has 0 saturated carbocycles. The Morgan fingerprint density at radius 1 is 1.45 bits per heavy atom. The van der Waals surface area contributed by atoms with E-state index in [-0.39, 0.29) is 12.1 Å². The van der Waals surface area contributed by atoms with Gasteiger partial charge in [-0.05, 0) is 27.2 Å². The van der Waals surface area contributed by atoms with Gasteiger partial charge in [-0.25, -0.2) is 19.2 Å². The monoisotopic (exact) mass is 282 g/mol. The van der Waals surface area contributed by atoms with Gasteiger partial charge in [-0.15, -0.1) is 0 Å². The molecule has 1 aliphatic heterocycles. The Hall–Kier alpha value is -1.92. The maximum absolute atomic E-state index is 12.7. The van der Waals surface area contributed by atoms with Gasteiger partial charge in [-0.1, -0.05) is 0 Å². The number of hydrogen-bond acceptors (Lipinski definition) is 5. The fourth-order valence-electron chi connectivity index (χ4n) is 1.94. The van der Waals surface area contributed by atoms with E-state index in [0.717, 1.165) is 18.8 Å². The number of hydrogen-bond donors (Lipinski definition) is 1. The molecule has 7 heteroatoms. The summed E-state index contributed by atoms with van der Waals surface area (Å²) in [4.78, 5) is 21.2. The van der Waals surface area contributed by atoms with Crippen molar-refractivity contribution in [3.8, 4) is 0 Å². The van der Waals surface area contributed by atoms with Crippen LogP contribution in [-0.2, 0) is 4.74 Å². The van der Waals surface area contributed by atoms with Gasteiger partial charge < -0.3 is 15.0 Å². The van der Waals surface area contributed by atoms with E-state index in [2.05, 4.69) is 15.3 Å². The standard InChI is InChI=1S/C13H19FN4O2/c1-13(2,3)20-12(19)18-5-4-10(8-18)17-11-15-6-9(14)7-16-11/h6-7,10H,4-5,8H2,1-3H3,(H,15,16,17)/t10-/m1/s1. The lowest BCUT2D eigenvalue weighted by atomic mass is 10.2. The van der Waals surface area contributed by atoms with Crippen molar-refractivity contribution in [1.82, 2.24) is 14.9 Å². The molecule has 1 aromatic heterocycles. The molecule has 1 N–H and O–H groups in total. The van der Waals surface area contributed by atoms with Crippen LogP contribution in [0, 0.1) is 5.82 Å². The van der Waals surface area contributed by atoms with Gasteiger partial charge in [0, 0.05) is 19.1 Å². The van der Waals surface area contributed by atoms with E-state index in [1.54, 1.807) is 4.90 Å². The second-order valence-corrected chi connectivity index (χ2v) is 5.78. The van der Waals surface area contributed by atoms with Gasteiger partial charge in [0.15, 0.2) is 5.82 Å². The summed E-state index contributed by atoms with van der Waals surface area (Å²) >= 11 is 0. The number of ether oxygens (including phenoxy) is 1. The van der Waals surface area contributed by atoms with Crippen molar-refractivity contribution in [2.45, 2.75) is 38.8 Å². The quantitative estimate of drug-likeness (QED) is 0.899. The van der Waals surface area contributed by atoms with Crippen LogP contribution >= 0.6 is 0 Å². The van der Waals surface area contributed by atoms with Crippen molar-refractivity contribution in [3.63, 3.8) is 0 Å². The van der Waals surface area contributed by atoms with Crippen LogP contribution in [0.25, 0.3) is 0 Å². The summed E-state index contributed by atoms with van der Waals surface area (Å²) in [7, 11) is 0. The number of halogens is 1. The maximum atomic E-state index is 12.7. The van der Waals surface area contributed by atoms with E-state index >= 15 is 0 Å². The number of anilines is 1. The molecule has 20 heavy (non-hydrogen) atoms. The minimum Gasteiger partial charge on any atom is -0.444 e. The van der Waals surface area contributed by atoms with Crippen LogP contribution < -0.4 is 5.32 Å². The van der Waals surface area contributed by atoms with Crippen LogP contribution in [0.3, 0.4) is 0 Å². The summed E-state index contributed by atoms with van der Waals surface area (Å²) in [5.41, 5.74) is -0.497.